The normalized spacial score (nSPS) is 16.4. The van der Waals surface area contributed by atoms with Crippen molar-refractivity contribution >= 4 is 5.91 Å². The Kier molecular flexibility index (Phi) is 4.28. The van der Waals surface area contributed by atoms with Gasteiger partial charge in [0.2, 0.25) is 5.91 Å². The molecule has 1 heterocycles. The highest BCUT2D eigenvalue weighted by atomic mass is 16.5. The molecule has 17 heavy (non-hydrogen) atoms. The smallest absolute Gasteiger partial charge is 0.224 e. The van der Waals surface area contributed by atoms with E-state index in [1.54, 1.807) is 0 Å². The summed E-state index contributed by atoms with van der Waals surface area (Å²) in [5.74, 6) is 0.481. The van der Waals surface area contributed by atoms with E-state index in [0.717, 1.165) is 17.0 Å². The number of aryl methyl sites for hydroxylation is 2. The van der Waals surface area contributed by atoms with Crippen molar-refractivity contribution in [1.82, 2.24) is 10.5 Å². The quantitative estimate of drug-likeness (QED) is 0.833. The molecule has 0 fully saturated rings. The molecule has 96 valence electrons. The second-order valence-electron chi connectivity index (χ2n) is 4.62. The summed E-state index contributed by atoms with van der Waals surface area (Å²) in [7, 11) is 0. The summed E-state index contributed by atoms with van der Waals surface area (Å²) < 4.78 is 5.08. The Morgan fingerprint density at radius 1 is 1.35 bits per heavy atom. The highest BCUT2D eigenvalue weighted by Crippen LogP contribution is 2.21. The van der Waals surface area contributed by atoms with Crippen molar-refractivity contribution in [3.05, 3.63) is 17.0 Å². The number of carbonyl (C=O) groups excluding carboxylic acids is 1. The Morgan fingerprint density at radius 2 is 1.94 bits per heavy atom. The number of nitrogens with one attached hydrogen (secondary N) is 1. The molecule has 0 saturated heterocycles. The van der Waals surface area contributed by atoms with Crippen LogP contribution in [0.1, 0.15) is 43.8 Å². The molecular weight excluding hydrogens is 218 g/mol. The van der Waals surface area contributed by atoms with Gasteiger partial charge in [-0.05, 0) is 27.7 Å². The monoisotopic (exact) mass is 239 g/mol. The van der Waals surface area contributed by atoms with Crippen molar-refractivity contribution in [2.24, 2.45) is 11.7 Å². The van der Waals surface area contributed by atoms with Crippen molar-refractivity contribution < 1.29 is 9.32 Å². The molecule has 3 atom stereocenters. The highest BCUT2D eigenvalue weighted by molar-refractivity contribution is 5.79. The van der Waals surface area contributed by atoms with Gasteiger partial charge in [-0.1, -0.05) is 12.1 Å². The van der Waals surface area contributed by atoms with Gasteiger partial charge in [0.05, 0.1) is 11.7 Å². The van der Waals surface area contributed by atoms with Crippen LogP contribution in [-0.2, 0) is 4.79 Å². The molecule has 3 unspecified atom stereocenters. The van der Waals surface area contributed by atoms with Crippen LogP contribution in [0.4, 0.5) is 0 Å². The average molecular weight is 239 g/mol. The first kappa shape index (κ1) is 13.7. The number of hydrogen-bond acceptors (Lipinski definition) is 4. The zero-order chi connectivity index (χ0) is 13.2. The number of rotatable bonds is 4. The van der Waals surface area contributed by atoms with Crippen molar-refractivity contribution in [2.45, 2.75) is 46.7 Å². The Morgan fingerprint density at radius 3 is 2.35 bits per heavy atom. The largest absolute Gasteiger partial charge is 0.361 e. The third-order valence-corrected chi connectivity index (χ3v) is 3.08. The summed E-state index contributed by atoms with van der Waals surface area (Å²) in [6.07, 6.45) is 0. The number of nitrogens with zero attached hydrogens (tertiary/aromatic N) is 1. The molecule has 0 aromatic carbocycles. The molecule has 1 aromatic rings. The summed E-state index contributed by atoms with van der Waals surface area (Å²) in [5, 5.41) is 6.80. The molecule has 5 heteroatoms. The van der Waals surface area contributed by atoms with Gasteiger partial charge < -0.3 is 15.6 Å². The van der Waals surface area contributed by atoms with Gasteiger partial charge in [0, 0.05) is 17.5 Å². The zero-order valence-corrected chi connectivity index (χ0v) is 11.1. The van der Waals surface area contributed by atoms with Crippen LogP contribution in [-0.4, -0.2) is 17.1 Å². The van der Waals surface area contributed by atoms with E-state index in [1.807, 2.05) is 34.6 Å². The lowest BCUT2D eigenvalue weighted by Gasteiger charge is -2.19. The van der Waals surface area contributed by atoms with E-state index < -0.39 is 0 Å². The second kappa shape index (κ2) is 5.31. The molecule has 0 spiro atoms. The lowest BCUT2D eigenvalue weighted by atomic mass is 10.0. The minimum absolute atomic E-state index is 0.0486. The summed E-state index contributed by atoms with van der Waals surface area (Å²) >= 11 is 0. The Balaban J connectivity index is 2.73. The van der Waals surface area contributed by atoms with Gasteiger partial charge in [-0.15, -0.1) is 0 Å². The van der Waals surface area contributed by atoms with E-state index in [-0.39, 0.29) is 23.9 Å². The number of nitrogens with two attached hydrogens (primary N) is 1. The Labute approximate surface area is 102 Å². The molecule has 0 aliphatic carbocycles. The van der Waals surface area contributed by atoms with Crippen LogP contribution in [0.25, 0.3) is 0 Å². The average Bonchev–Trinajstić information content (AvgIpc) is 2.56. The van der Waals surface area contributed by atoms with Crippen LogP contribution in [0.15, 0.2) is 4.52 Å². The number of aromatic nitrogens is 1. The third kappa shape index (κ3) is 3.06. The fraction of sp³-hybridized carbons (Fsp3) is 0.667. The predicted molar refractivity (Wildman–Crippen MR) is 65.3 cm³/mol. The fourth-order valence-electron chi connectivity index (χ4n) is 1.76. The molecule has 0 saturated carbocycles. The van der Waals surface area contributed by atoms with Gasteiger partial charge >= 0.3 is 0 Å². The number of hydrogen-bond donors (Lipinski definition) is 2. The Bertz CT molecular complexity index is 379. The molecule has 0 bridgehead atoms. The topological polar surface area (TPSA) is 81.2 Å². The van der Waals surface area contributed by atoms with E-state index in [9.17, 15) is 4.79 Å². The fourth-order valence-corrected chi connectivity index (χ4v) is 1.76. The van der Waals surface area contributed by atoms with Crippen LogP contribution in [0.2, 0.25) is 0 Å². The molecule has 0 aliphatic rings. The van der Waals surface area contributed by atoms with Gasteiger partial charge in [-0.3, -0.25) is 4.79 Å². The SMILES string of the molecule is Cc1noc(C)c1C(C)NC(=O)C(C)C(C)N. The van der Waals surface area contributed by atoms with Gasteiger partial charge in [0.1, 0.15) is 5.76 Å². The zero-order valence-electron chi connectivity index (χ0n) is 11.1. The molecule has 0 aliphatic heterocycles. The van der Waals surface area contributed by atoms with Gasteiger partial charge in [-0.25, -0.2) is 0 Å². The first-order valence-electron chi connectivity index (χ1n) is 5.83. The first-order chi connectivity index (χ1) is 7.84. The highest BCUT2D eigenvalue weighted by Gasteiger charge is 2.22. The van der Waals surface area contributed by atoms with Crippen LogP contribution in [0.5, 0.6) is 0 Å². The second-order valence-corrected chi connectivity index (χ2v) is 4.62. The van der Waals surface area contributed by atoms with Crippen LogP contribution >= 0.6 is 0 Å². The lowest BCUT2D eigenvalue weighted by molar-refractivity contribution is -0.125. The molecule has 1 amide bonds. The standard InChI is InChI=1S/C12H21N3O2/c1-6(7(2)13)12(16)14-8(3)11-9(4)15-17-10(11)5/h6-8H,13H2,1-5H3,(H,14,16). The summed E-state index contributed by atoms with van der Waals surface area (Å²) in [6, 6.07) is -0.276. The minimum atomic E-state index is -0.210. The molecule has 5 nitrogen and oxygen atoms in total. The van der Waals surface area contributed by atoms with E-state index in [4.69, 9.17) is 10.3 Å². The van der Waals surface area contributed by atoms with Gasteiger partial charge in [0.15, 0.2) is 0 Å². The molecule has 0 radical (unpaired) electrons. The minimum Gasteiger partial charge on any atom is -0.361 e. The van der Waals surface area contributed by atoms with Crippen molar-refractivity contribution in [1.29, 1.82) is 0 Å². The number of amides is 1. The van der Waals surface area contributed by atoms with Crippen LogP contribution in [0, 0.1) is 19.8 Å². The van der Waals surface area contributed by atoms with E-state index in [2.05, 4.69) is 10.5 Å². The summed E-state index contributed by atoms with van der Waals surface area (Å²) in [6.45, 7) is 9.26. The lowest BCUT2D eigenvalue weighted by Crippen LogP contribution is -2.39. The maximum Gasteiger partial charge on any atom is 0.224 e. The predicted octanol–water partition coefficient (Wildman–Crippen LogP) is 1.45. The molecule has 1 rings (SSSR count). The first-order valence-corrected chi connectivity index (χ1v) is 5.83. The Hall–Kier alpha value is -1.36. The van der Waals surface area contributed by atoms with Crippen molar-refractivity contribution in [3.63, 3.8) is 0 Å². The molecule has 1 aromatic heterocycles. The third-order valence-electron chi connectivity index (χ3n) is 3.08. The molecular formula is C12H21N3O2. The number of carbonyl (C=O) groups is 1. The van der Waals surface area contributed by atoms with Crippen LogP contribution in [0.3, 0.4) is 0 Å². The maximum atomic E-state index is 11.9. The van der Waals surface area contributed by atoms with E-state index in [0.29, 0.717) is 0 Å². The summed E-state index contributed by atoms with van der Waals surface area (Å²) in [4.78, 5) is 11.9. The maximum absolute atomic E-state index is 11.9. The summed E-state index contributed by atoms with van der Waals surface area (Å²) in [5.41, 5.74) is 7.45. The van der Waals surface area contributed by atoms with Gasteiger partial charge in [-0.2, -0.15) is 0 Å². The van der Waals surface area contributed by atoms with E-state index >= 15 is 0 Å². The molecule has 3 N–H and O–H groups in total. The van der Waals surface area contributed by atoms with Crippen LogP contribution < -0.4 is 11.1 Å². The van der Waals surface area contributed by atoms with E-state index in [1.165, 1.54) is 0 Å². The van der Waals surface area contributed by atoms with Crippen molar-refractivity contribution in [3.8, 4) is 0 Å². The van der Waals surface area contributed by atoms with Gasteiger partial charge in [0.25, 0.3) is 0 Å². The van der Waals surface area contributed by atoms with Crippen molar-refractivity contribution in [2.75, 3.05) is 0 Å².